The van der Waals surface area contributed by atoms with E-state index in [1.54, 1.807) is 30.0 Å². The van der Waals surface area contributed by atoms with Crippen LogP contribution in [-0.4, -0.2) is 29.0 Å². The van der Waals surface area contributed by atoms with E-state index in [1.165, 1.54) is 0 Å². The molecule has 1 N–H and O–H groups in total. The molecular weight excluding hydrogens is 228 g/mol. The van der Waals surface area contributed by atoms with Crippen LogP contribution in [0.5, 0.6) is 5.75 Å². The van der Waals surface area contributed by atoms with Crippen LogP contribution in [0.25, 0.3) is 0 Å². The molecule has 4 nitrogen and oxygen atoms in total. The van der Waals surface area contributed by atoms with E-state index in [2.05, 4.69) is 6.07 Å². The Morgan fingerprint density at radius 2 is 2.11 bits per heavy atom. The lowest BCUT2D eigenvalue weighted by atomic mass is 9.98. The van der Waals surface area contributed by atoms with Crippen molar-refractivity contribution in [2.75, 3.05) is 13.1 Å². The van der Waals surface area contributed by atoms with Gasteiger partial charge in [-0.05, 0) is 43.5 Å². The number of hydrogen-bond donors (Lipinski definition) is 1. The molecule has 0 bridgehead atoms. The first-order valence-corrected chi connectivity index (χ1v) is 6.10. The standard InChI is InChI=1S/C14H16N2O2/c1-10-8-12(2-3-13(10)17)14(18)16-6-4-11(9-15)5-7-16/h2-3,8,11,17H,4-7H2,1H3. The molecule has 1 aromatic rings. The van der Waals surface area contributed by atoms with Gasteiger partial charge in [0.15, 0.2) is 0 Å². The highest BCUT2D eigenvalue weighted by Crippen LogP contribution is 2.21. The third-order valence-corrected chi connectivity index (χ3v) is 3.41. The van der Waals surface area contributed by atoms with Crippen LogP contribution >= 0.6 is 0 Å². The fourth-order valence-corrected chi connectivity index (χ4v) is 2.18. The number of amides is 1. The number of carbonyl (C=O) groups is 1. The molecule has 0 radical (unpaired) electrons. The van der Waals surface area contributed by atoms with Crippen molar-refractivity contribution in [3.8, 4) is 11.8 Å². The van der Waals surface area contributed by atoms with Gasteiger partial charge >= 0.3 is 0 Å². The molecule has 1 amide bonds. The van der Waals surface area contributed by atoms with Gasteiger partial charge in [-0.15, -0.1) is 0 Å². The number of phenols is 1. The first-order chi connectivity index (χ1) is 8.61. The minimum atomic E-state index is -0.0190. The normalized spacial score (nSPS) is 16.3. The highest BCUT2D eigenvalue weighted by molar-refractivity contribution is 5.94. The van der Waals surface area contributed by atoms with Crippen LogP contribution < -0.4 is 0 Å². The number of benzene rings is 1. The van der Waals surface area contributed by atoms with Crippen LogP contribution in [0.15, 0.2) is 18.2 Å². The lowest BCUT2D eigenvalue weighted by molar-refractivity contribution is 0.0707. The maximum absolute atomic E-state index is 12.2. The van der Waals surface area contributed by atoms with Gasteiger partial charge in [0.25, 0.3) is 5.91 Å². The first-order valence-electron chi connectivity index (χ1n) is 6.10. The highest BCUT2D eigenvalue weighted by atomic mass is 16.3. The van der Waals surface area contributed by atoms with Gasteiger partial charge < -0.3 is 10.0 Å². The van der Waals surface area contributed by atoms with E-state index in [-0.39, 0.29) is 17.6 Å². The molecule has 18 heavy (non-hydrogen) atoms. The molecule has 0 spiro atoms. The van der Waals surface area contributed by atoms with E-state index in [1.807, 2.05) is 0 Å². The van der Waals surface area contributed by atoms with Crippen molar-refractivity contribution in [2.24, 2.45) is 5.92 Å². The number of piperidine rings is 1. The summed E-state index contributed by atoms with van der Waals surface area (Å²) in [5, 5.41) is 18.3. The summed E-state index contributed by atoms with van der Waals surface area (Å²) < 4.78 is 0. The molecule has 1 fully saturated rings. The van der Waals surface area contributed by atoms with Crippen LogP contribution in [0.1, 0.15) is 28.8 Å². The van der Waals surface area contributed by atoms with Crippen LogP contribution in [0.3, 0.4) is 0 Å². The van der Waals surface area contributed by atoms with E-state index in [9.17, 15) is 9.90 Å². The van der Waals surface area contributed by atoms with Crippen LogP contribution in [-0.2, 0) is 0 Å². The summed E-state index contributed by atoms with van der Waals surface area (Å²) in [5.41, 5.74) is 1.30. The van der Waals surface area contributed by atoms with E-state index in [0.29, 0.717) is 24.2 Å². The molecule has 0 unspecified atom stereocenters. The summed E-state index contributed by atoms with van der Waals surface area (Å²) in [6.45, 7) is 3.04. The number of hydrogen-bond acceptors (Lipinski definition) is 3. The van der Waals surface area contributed by atoms with E-state index >= 15 is 0 Å². The Kier molecular flexibility index (Phi) is 3.52. The molecule has 1 aromatic carbocycles. The van der Waals surface area contributed by atoms with Crippen molar-refractivity contribution >= 4 is 5.91 Å². The van der Waals surface area contributed by atoms with Crippen molar-refractivity contribution in [1.29, 1.82) is 5.26 Å². The molecule has 94 valence electrons. The molecule has 0 aromatic heterocycles. The number of nitrogens with zero attached hydrogens (tertiary/aromatic N) is 2. The smallest absolute Gasteiger partial charge is 0.253 e. The van der Waals surface area contributed by atoms with Crippen molar-refractivity contribution < 1.29 is 9.90 Å². The van der Waals surface area contributed by atoms with Gasteiger partial charge in [-0.2, -0.15) is 5.26 Å². The van der Waals surface area contributed by atoms with Crippen molar-refractivity contribution in [3.63, 3.8) is 0 Å². The average molecular weight is 244 g/mol. The van der Waals surface area contributed by atoms with Gasteiger partial charge in [-0.3, -0.25) is 4.79 Å². The molecule has 0 aliphatic carbocycles. The molecule has 1 aliphatic rings. The molecule has 0 saturated carbocycles. The summed E-state index contributed by atoms with van der Waals surface area (Å²) in [6.07, 6.45) is 1.50. The number of phenolic OH excluding ortho intramolecular Hbond substituents is 1. The number of likely N-dealkylation sites (tertiary alicyclic amines) is 1. The zero-order valence-electron chi connectivity index (χ0n) is 10.4. The van der Waals surface area contributed by atoms with Gasteiger partial charge in [0.05, 0.1) is 6.07 Å². The first kappa shape index (κ1) is 12.4. The molecule has 0 atom stereocenters. The van der Waals surface area contributed by atoms with Gasteiger partial charge in [-0.1, -0.05) is 0 Å². The third kappa shape index (κ3) is 2.45. The maximum atomic E-state index is 12.2. The maximum Gasteiger partial charge on any atom is 0.253 e. The summed E-state index contributed by atoms with van der Waals surface area (Å²) >= 11 is 0. The molecule has 1 heterocycles. The average Bonchev–Trinajstić information content (AvgIpc) is 2.41. The number of carbonyl (C=O) groups excluding carboxylic acids is 1. The Balaban J connectivity index is 2.08. The number of rotatable bonds is 1. The molecule has 4 heteroatoms. The molecule has 2 rings (SSSR count). The minimum Gasteiger partial charge on any atom is -0.508 e. The molecular formula is C14H16N2O2. The highest BCUT2D eigenvalue weighted by Gasteiger charge is 2.23. The number of aromatic hydroxyl groups is 1. The van der Waals surface area contributed by atoms with Crippen LogP contribution in [0.4, 0.5) is 0 Å². The fraction of sp³-hybridized carbons (Fsp3) is 0.429. The van der Waals surface area contributed by atoms with E-state index in [0.717, 1.165) is 12.8 Å². The Labute approximate surface area is 106 Å². The van der Waals surface area contributed by atoms with Gasteiger partial charge in [0, 0.05) is 24.6 Å². The second kappa shape index (κ2) is 5.09. The molecule has 1 aliphatic heterocycles. The zero-order valence-corrected chi connectivity index (χ0v) is 10.4. The Hall–Kier alpha value is -2.02. The van der Waals surface area contributed by atoms with Crippen molar-refractivity contribution in [3.05, 3.63) is 29.3 Å². The summed E-state index contributed by atoms with van der Waals surface area (Å²) in [5.74, 6) is 0.264. The largest absolute Gasteiger partial charge is 0.508 e. The third-order valence-electron chi connectivity index (χ3n) is 3.41. The van der Waals surface area contributed by atoms with Crippen LogP contribution in [0.2, 0.25) is 0 Å². The second-order valence-corrected chi connectivity index (χ2v) is 4.70. The van der Waals surface area contributed by atoms with E-state index in [4.69, 9.17) is 5.26 Å². The summed E-state index contributed by atoms with van der Waals surface area (Å²) in [4.78, 5) is 14.0. The molecule has 1 saturated heterocycles. The topological polar surface area (TPSA) is 64.3 Å². The fourth-order valence-electron chi connectivity index (χ4n) is 2.18. The predicted octanol–water partition coefficient (Wildman–Crippen LogP) is 2.08. The van der Waals surface area contributed by atoms with Gasteiger partial charge in [-0.25, -0.2) is 0 Å². The predicted molar refractivity (Wildman–Crippen MR) is 67.1 cm³/mol. The lowest BCUT2D eigenvalue weighted by Gasteiger charge is -2.29. The minimum absolute atomic E-state index is 0.0190. The zero-order chi connectivity index (χ0) is 13.1. The SMILES string of the molecule is Cc1cc(C(=O)N2CCC(C#N)CC2)ccc1O. The lowest BCUT2D eigenvalue weighted by Crippen LogP contribution is -2.38. The van der Waals surface area contributed by atoms with E-state index < -0.39 is 0 Å². The Bertz CT molecular complexity index is 497. The summed E-state index contributed by atoms with van der Waals surface area (Å²) in [7, 11) is 0. The number of aryl methyl sites for hydroxylation is 1. The second-order valence-electron chi connectivity index (χ2n) is 4.70. The quantitative estimate of drug-likeness (QED) is 0.822. The van der Waals surface area contributed by atoms with Crippen molar-refractivity contribution in [1.82, 2.24) is 4.90 Å². The summed E-state index contributed by atoms with van der Waals surface area (Å²) in [6, 6.07) is 7.14. The Morgan fingerprint density at radius 1 is 1.44 bits per heavy atom. The van der Waals surface area contributed by atoms with Crippen LogP contribution in [0, 0.1) is 24.2 Å². The van der Waals surface area contributed by atoms with Gasteiger partial charge in [0.2, 0.25) is 0 Å². The number of nitriles is 1. The van der Waals surface area contributed by atoms with Crippen molar-refractivity contribution in [2.45, 2.75) is 19.8 Å². The van der Waals surface area contributed by atoms with Gasteiger partial charge in [0.1, 0.15) is 5.75 Å². The monoisotopic (exact) mass is 244 g/mol. The Morgan fingerprint density at radius 3 is 2.67 bits per heavy atom.